The highest BCUT2D eigenvalue weighted by atomic mass is 16.6. The van der Waals surface area contributed by atoms with Gasteiger partial charge in [-0.2, -0.15) is 0 Å². The fourth-order valence-corrected chi connectivity index (χ4v) is 1.90. The van der Waals surface area contributed by atoms with Crippen LogP contribution in [0.5, 0.6) is 0 Å². The van der Waals surface area contributed by atoms with Gasteiger partial charge >= 0.3 is 11.9 Å². The second-order valence-corrected chi connectivity index (χ2v) is 4.77. The van der Waals surface area contributed by atoms with E-state index < -0.39 is 30.3 Å². The van der Waals surface area contributed by atoms with Crippen LogP contribution < -0.4 is 0 Å². The normalized spacial score (nSPS) is 29.1. The lowest BCUT2D eigenvalue weighted by molar-refractivity contribution is -0.172. The van der Waals surface area contributed by atoms with Gasteiger partial charge in [-0.25, -0.2) is 9.59 Å². The van der Waals surface area contributed by atoms with Crippen LogP contribution in [0, 0.1) is 0 Å². The van der Waals surface area contributed by atoms with Crippen molar-refractivity contribution in [2.24, 2.45) is 0 Å². The van der Waals surface area contributed by atoms with Crippen LogP contribution in [-0.2, 0) is 23.9 Å². The van der Waals surface area contributed by atoms with Crippen molar-refractivity contribution in [2.45, 2.75) is 57.8 Å². The van der Waals surface area contributed by atoms with E-state index in [9.17, 15) is 19.5 Å². The molecule has 0 radical (unpaired) electrons. The van der Waals surface area contributed by atoms with E-state index in [4.69, 9.17) is 9.47 Å². The van der Waals surface area contributed by atoms with E-state index in [1.165, 1.54) is 19.1 Å². The number of Topliss-reactive ketones (excluding diaryl/α,β-unsaturated/α-hetero) is 1. The molecular formula is C14H20O6. The number of allylic oxidation sites excluding steroid dienone is 1. The first-order valence-electron chi connectivity index (χ1n) is 6.67. The van der Waals surface area contributed by atoms with Crippen LogP contribution >= 0.6 is 0 Å². The predicted octanol–water partition coefficient (Wildman–Crippen LogP) is 0.910. The van der Waals surface area contributed by atoms with Gasteiger partial charge in [-0.1, -0.05) is 6.08 Å². The van der Waals surface area contributed by atoms with Crippen molar-refractivity contribution in [1.29, 1.82) is 0 Å². The van der Waals surface area contributed by atoms with E-state index in [2.05, 4.69) is 0 Å². The van der Waals surface area contributed by atoms with Gasteiger partial charge in [-0.15, -0.1) is 0 Å². The number of carbonyl (C=O) groups is 3. The third-order valence-electron chi connectivity index (χ3n) is 3.03. The molecule has 1 heterocycles. The van der Waals surface area contributed by atoms with Crippen molar-refractivity contribution in [1.82, 2.24) is 0 Å². The Hall–Kier alpha value is -1.69. The first-order valence-corrected chi connectivity index (χ1v) is 6.67. The molecule has 112 valence electrons. The average Bonchev–Trinajstić information content (AvgIpc) is 2.36. The number of rotatable bonds is 2. The largest absolute Gasteiger partial charge is 0.457 e. The summed E-state index contributed by atoms with van der Waals surface area (Å²) in [5, 5.41) is 9.55. The molecule has 20 heavy (non-hydrogen) atoms. The van der Waals surface area contributed by atoms with Gasteiger partial charge in [-0.3, -0.25) is 4.79 Å². The predicted molar refractivity (Wildman–Crippen MR) is 69.7 cm³/mol. The lowest BCUT2D eigenvalue weighted by Crippen LogP contribution is -2.38. The Bertz CT molecular complexity index is 400. The molecule has 1 saturated heterocycles. The van der Waals surface area contributed by atoms with Crippen molar-refractivity contribution in [3.05, 3.63) is 12.2 Å². The highest BCUT2D eigenvalue weighted by molar-refractivity contribution is 5.83. The van der Waals surface area contributed by atoms with Crippen molar-refractivity contribution in [3.63, 3.8) is 0 Å². The van der Waals surface area contributed by atoms with Gasteiger partial charge in [0.05, 0.1) is 0 Å². The molecular weight excluding hydrogens is 264 g/mol. The third kappa shape index (κ3) is 5.13. The van der Waals surface area contributed by atoms with E-state index in [1.54, 1.807) is 6.92 Å². The highest BCUT2D eigenvalue weighted by Gasteiger charge is 2.30. The average molecular weight is 284 g/mol. The second-order valence-electron chi connectivity index (χ2n) is 4.77. The highest BCUT2D eigenvalue weighted by Crippen LogP contribution is 2.16. The lowest BCUT2D eigenvalue weighted by atomic mass is 10.0. The number of esters is 2. The Labute approximate surface area is 117 Å². The molecule has 0 saturated carbocycles. The van der Waals surface area contributed by atoms with Gasteiger partial charge in [0.1, 0.15) is 18.0 Å². The SMILES string of the molecule is C/C=C/C(=O)O[C@H]1CC(=O)CCC[C@H](O)C(=O)O[C@@H]1C. The standard InChI is InChI=1S/C14H20O6/c1-3-5-13(17)20-12-8-10(15)6-4-7-11(16)14(18)19-9(12)2/h3,5,9,11-12,16H,4,6-8H2,1-2H3/b5-3+/t9-,11+,12+/m1/s1. The van der Waals surface area contributed by atoms with Crippen LogP contribution in [0.1, 0.15) is 39.5 Å². The molecule has 3 atom stereocenters. The number of hydrogen-bond donors (Lipinski definition) is 1. The van der Waals surface area contributed by atoms with Crippen LogP contribution in [0.2, 0.25) is 0 Å². The summed E-state index contributed by atoms with van der Waals surface area (Å²) in [4.78, 5) is 34.8. The minimum absolute atomic E-state index is 0.00777. The zero-order valence-electron chi connectivity index (χ0n) is 11.7. The van der Waals surface area contributed by atoms with Gasteiger partial charge in [0, 0.05) is 18.9 Å². The molecule has 0 aromatic heterocycles. The topological polar surface area (TPSA) is 89.9 Å². The fraction of sp³-hybridized carbons (Fsp3) is 0.643. The molecule has 0 aliphatic carbocycles. The number of ether oxygens (including phenoxy) is 2. The third-order valence-corrected chi connectivity index (χ3v) is 3.03. The number of carbonyl (C=O) groups excluding carboxylic acids is 3. The molecule has 1 rings (SSSR count). The monoisotopic (exact) mass is 284 g/mol. The Morgan fingerprint density at radius 1 is 1.45 bits per heavy atom. The fourth-order valence-electron chi connectivity index (χ4n) is 1.90. The summed E-state index contributed by atoms with van der Waals surface area (Å²) in [6, 6.07) is 0. The minimum atomic E-state index is -1.24. The number of hydrogen-bond acceptors (Lipinski definition) is 6. The van der Waals surface area contributed by atoms with E-state index >= 15 is 0 Å². The Balaban J connectivity index is 2.79. The van der Waals surface area contributed by atoms with Gasteiger partial charge in [0.15, 0.2) is 6.10 Å². The van der Waals surface area contributed by atoms with Crippen LogP contribution in [0.25, 0.3) is 0 Å². The summed E-state index contributed by atoms with van der Waals surface area (Å²) in [5.41, 5.74) is 0. The van der Waals surface area contributed by atoms with E-state index in [0.717, 1.165) is 0 Å². The Morgan fingerprint density at radius 2 is 2.15 bits per heavy atom. The van der Waals surface area contributed by atoms with Crippen molar-refractivity contribution >= 4 is 17.7 Å². The quantitative estimate of drug-likeness (QED) is 0.599. The smallest absolute Gasteiger partial charge is 0.335 e. The van der Waals surface area contributed by atoms with Crippen LogP contribution in [-0.4, -0.2) is 41.1 Å². The summed E-state index contributed by atoms with van der Waals surface area (Å²) in [7, 11) is 0. The summed E-state index contributed by atoms with van der Waals surface area (Å²) in [6.45, 7) is 3.20. The molecule has 0 bridgehead atoms. The maximum absolute atomic E-state index is 11.8. The minimum Gasteiger partial charge on any atom is -0.457 e. The number of aliphatic hydroxyl groups excluding tert-OH is 1. The first kappa shape index (κ1) is 16.4. The number of aliphatic hydroxyl groups is 1. The molecule has 1 aliphatic rings. The summed E-state index contributed by atoms with van der Waals surface area (Å²) in [6.07, 6.45) is 0.739. The van der Waals surface area contributed by atoms with Gasteiger partial charge < -0.3 is 14.6 Å². The van der Waals surface area contributed by atoms with Crippen molar-refractivity contribution in [2.75, 3.05) is 0 Å². The maximum Gasteiger partial charge on any atom is 0.335 e. The summed E-state index contributed by atoms with van der Waals surface area (Å²) < 4.78 is 10.2. The maximum atomic E-state index is 11.8. The molecule has 0 aromatic carbocycles. The zero-order chi connectivity index (χ0) is 15.1. The van der Waals surface area contributed by atoms with Gasteiger partial charge in [-0.05, 0) is 26.7 Å². The Kier molecular flexibility index (Phi) is 6.38. The molecule has 1 fully saturated rings. The van der Waals surface area contributed by atoms with Crippen molar-refractivity contribution < 1.29 is 29.0 Å². The number of ketones is 1. The van der Waals surface area contributed by atoms with E-state index in [0.29, 0.717) is 6.42 Å². The Morgan fingerprint density at radius 3 is 2.80 bits per heavy atom. The zero-order valence-corrected chi connectivity index (χ0v) is 11.7. The molecule has 1 aliphatic heterocycles. The van der Waals surface area contributed by atoms with Crippen molar-refractivity contribution in [3.8, 4) is 0 Å². The summed E-state index contributed by atoms with van der Waals surface area (Å²) in [5.74, 6) is -1.43. The molecule has 0 aromatic rings. The first-order chi connectivity index (χ1) is 9.43. The number of cyclic esters (lactones) is 1. The van der Waals surface area contributed by atoms with Gasteiger partial charge in [0.2, 0.25) is 0 Å². The molecule has 0 amide bonds. The van der Waals surface area contributed by atoms with Crippen LogP contribution in [0.4, 0.5) is 0 Å². The molecule has 0 spiro atoms. The molecule has 6 heteroatoms. The molecule has 0 unspecified atom stereocenters. The van der Waals surface area contributed by atoms with Gasteiger partial charge in [0.25, 0.3) is 0 Å². The van der Waals surface area contributed by atoms with Crippen LogP contribution in [0.3, 0.4) is 0 Å². The molecule has 1 N–H and O–H groups in total. The lowest BCUT2D eigenvalue weighted by Gasteiger charge is -2.25. The molecule has 6 nitrogen and oxygen atoms in total. The second kappa shape index (κ2) is 7.79. The summed E-state index contributed by atoms with van der Waals surface area (Å²) >= 11 is 0. The van der Waals surface area contributed by atoms with E-state index in [1.807, 2.05) is 0 Å². The van der Waals surface area contributed by atoms with E-state index in [-0.39, 0.29) is 25.0 Å². The van der Waals surface area contributed by atoms with Crippen LogP contribution in [0.15, 0.2) is 12.2 Å².